The average molecular weight is 229 g/mol. The van der Waals surface area contributed by atoms with Gasteiger partial charge in [0.15, 0.2) is 0 Å². The molecule has 2 aromatic rings. The summed E-state index contributed by atoms with van der Waals surface area (Å²) in [4.78, 5) is 8.29. The second-order valence-corrected chi connectivity index (χ2v) is 3.67. The van der Waals surface area contributed by atoms with E-state index >= 15 is 0 Å². The van der Waals surface area contributed by atoms with Gasteiger partial charge in [-0.2, -0.15) is 0 Å². The predicted octanol–water partition coefficient (Wildman–Crippen LogP) is 2.51. The summed E-state index contributed by atoms with van der Waals surface area (Å²) in [5.74, 6) is 1.22. The molecule has 1 aromatic heterocycles. The zero-order valence-corrected chi connectivity index (χ0v) is 9.76. The lowest BCUT2D eigenvalue weighted by Crippen LogP contribution is -1.99. The number of nitrogens with two attached hydrogens (primary N) is 1. The summed E-state index contributed by atoms with van der Waals surface area (Å²) in [5.41, 5.74) is 7.28. The maximum Gasteiger partial charge on any atom is 0.142 e. The molecular formula is C13H15N3O. The smallest absolute Gasteiger partial charge is 0.142 e. The van der Waals surface area contributed by atoms with Crippen LogP contribution in [0.25, 0.3) is 11.3 Å². The summed E-state index contributed by atoms with van der Waals surface area (Å²) in [7, 11) is 0. The number of aromatic nitrogens is 2. The third-order valence-corrected chi connectivity index (χ3v) is 2.28. The molecule has 2 N–H and O–H groups in total. The first-order valence-corrected chi connectivity index (χ1v) is 5.61. The summed E-state index contributed by atoms with van der Waals surface area (Å²) in [6.07, 6.45) is 4.18. The summed E-state index contributed by atoms with van der Waals surface area (Å²) < 4.78 is 5.67. The molecule has 0 unspecified atom stereocenters. The van der Waals surface area contributed by atoms with Crippen molar-refractivity contribution in [1.82, 2.24) is 9.97 Å². The molecule has 4 nitrogen and oxygen atoms in total. The number of ether oxygens (including phenoxy) is 1. The highest BCUT2D eigenvalue weighted by molar-refractivity contribution is 5.67. The quantitative estimate of drug-likeness (QED) is 0.875. The SMILES string of the molecule is CCCOc1ccccc1-c1cncc(N)n1. The van der Waals surface area contributed by atoms with Gasteiger partial charge in [-0.3, -0.25) is 4.98 Å². The molecular weight excluding hydrogens is 214 g/mol. The van der Waals surface area contributed by atoms with Gasteiger partial charge >= 0.3 is 0 Å². The van der Waals surface area contributed by atoms with Crippen molar-refractivity contribution >= 4 is 5.82 Å². The molecule has 0 fully saturated rings. The van der Waals surface area contributed by atoms with Crippen molar-refractivity contribution in [2.45, 2.75) is 13.3 Å². The molecule has 0 atom stereocenters. The standard InChI is InChI=1S/C13H15N3O/c1-2-7-17-12-6-4-3-5-10(12)11-8-15-9-13(14)16-11/h3-6,8-9H,2,7H2,1H3,(H2,14,16). The van der Waals surface area contributed by atoms with Crippen LogP contribution in [0.3, 0.4) is 0 Å². The van der Waals surface area contributed by atoms with Crippen LogP contribution in [0.15, 0.2) is 36.7 Å². The average Bonchev–Trinajstić information content (AvgIpc) is 2.37. The molecule has 0 radical (unpaired) electrons. The first-order valence-electron chi connectivity index (χ1n) is 5.61. The van der Waals surface area contributed by atoms with Crippen LogP contribution in [0.5, 0.6) is 5.75 Å². The fourth-order valence-electron chi connectivity index (χ4n) is 1.53. The molecule has 0 spiro atoms. The maximum atomic E-state index is 5.67. The van der Waals surface area contributed by atoms with Gasteiger partial charge in [-0.15, -0.1) is 0 Å². The van der Waals surface area contributed by atoms with Crippen LogP contribution in [0.1, 0.15) is 13.3 Å². The highest BCUT2D eigenvalue weighted by Gasteiger charge is 2.07. The van der Waals surface area contributed by atoms with Crippen LogP contribution in [-0.4, -0.2) is 16.6 Å². The van der Waals surface area contributed by atoms with E-state index in [9.17, 15) is 0 Å². The van der Waals surface area contributed by atoms with Crippen LogP contribution in [0, 0.1) is 0 Å². The number of rotatable bonds is 4. The third-order valence-electron chi connectivity index (χ3n) is 2.28. The number of para-hydroxylation sites is 1. The van der Waals surface area contributed by atoms with E-state index in [1.807, 2.05) is 24.3 Å². The summed E-state index contributed by atoms with van der Waals surface area (Å²) in [5, 5.41) is 0. The van der Waals surface area contributed by atoms with Gasteiger partial charge < -0.3 is 10.5 Å². The van der Waals surface area contributed by atoms with Crippen LogP contribution >= 0.6 is 0 Å². The Morgan fingerprint density at radius 3 is 2.82 bits per heavy atom. The Balaban J connectivity index is 2.37. The van der Waals surface area contributed by atoms with Gasteiger partial charge in [0.2, 0.25) is 0 Å². The largest absolute Gasteiger partial charge is 0.493 e. The van der Waals surface area contributed by atoms with E-state index < -0.39 is 0 Å². The van der Waals surface area contributed by atoms with Crippen molar-refractivity contribution in [3.8, 4) is 17.0 Å². The summed E-state index contributed by atoms with van der Waals surface area (Å²) in [6.45, 7) is 2.76. The number of anilines is 1. The van der Waals surface area contributed by atoms with Gasteiger partial charge in [-0.1, -0.05) is 19.1 Å². The van der Waals surface area contributed by atoms with E-state index in [4.69, 9.17) is 10.5 Å². The Labute approximate surface area is 100 Å². The highest BCUT2D eigenvalue weighted by atomic mass is 16.5. The Morgan fingerprint density at radius 2 is 2.06 bits per heavy atom. The van der Waals surface area contributed by atoms with E-state index in [0.29, 0.717) is 12.4 Å². The highest BCUT2D eigenvalue weighted by Crippen LogP contribution is 2.28. The Bertz CT molecular complexity index is 500. The minimum absolute atomic E-state index is 0.410. The normalized spacial score (nSPS) is 10.2. The van der Waals surface area contributed by atoms with Crippen molar-refractivity contribution in [2.24, 2.45) is 0 Å². The zero-order valence-electron chi connectivity index (χ0n) is 9.76. The number of hydrogen-bond donors (Lipinski definition) is 1. The van der Waals surface area contributed by atoms with Crippen LogP contribution in [0.2, 0.25) is 0 Å². The lowest BCUT2D eigenvalue weighted by molar-refractivity contribution is 0.318. The third kappa shape index (κ3) is 2.72. The van der Waals surface area contributed by atoms with Crippen LogP contribution in [-0.2, 0) is 0 Å². The Kier molecular flexibility index (Phi) is 3.55. The molecule has 0 amide bonds. The van der Waals surface area contributed by atoms with E-state index in [0.717, 1.165) is 23.4 Å². The monoisotopic (exact) mass is 229 g/mol. The van der Waals surface area contributed by atoms with Crippen molar-refractivity contribution in [2.75, 3.05) is 12.3 Å². The molecule has 1 aromatic carbocycles. The molecule has 0 bridgehead atoms. The second kappa shape index (κ2) is 5.30. The van der Waals surface area contributed by atoms with Crippen molar-refractivity contribution in [1.29, 1.82) is 0 Å². The minimum atomic E-state index is 0.410. The van der Waals surface area contributed by atoms with Crippen LogP contribution < -0.4 is 10.5 Å². The first-order chi connectivity index (χ1) is 8.31. The number of hydrogen-bond acceptors (Lipinski definition) is 4. The Hall–Kier alpha value is -2.10. The van der Waals surface area contributed by atoms with Gasteiger partial charge in [0, 0.05) is 5.56 Å². The topological polar surface area (TPSA) is 61.0 Å². The van der Waals surface area contributed by atoms with Crippen molar-refractivity contribution in [3.05, 3.63) is 36.7 Å². The fourth-order valence-corrected chi connectivity index (χ4v) is 1.53. The van der Waals surface area contributed by atoms with Crippen LogP contribution in [0.4, 0.5) is 5.82 Å². The molecule has 0 aliphatic carbocycles. The molecule has 1 heterocycles. The van der Waals surface area contributed by atoms with Gasteiger partial charge in [0.25, 0.3) is 0 Å². The molecule has 0 aliphatic heterocycles. The lowest BCUT2D eigenvalue weighted by atomic mass is 10.1. The van der Waals surface area contributed by atoms with E-state index in [1.54, 1.807) is 6.20 Å². The molecule has 0 saturated carbocycles. The van der Waals surface area contributed by atoms with E-state index in [2.05, 4.69) is 16.9 Å². The molecule has 2 rings (SSSR count). The van der Waals surface area contributed by atoms with Gasteiger partial charge in [-0.05, 0) is 18.6 Å². The summed E-state index contributed by atoms with van der Waals surface area (Å²) >= 11 is 0. The lowest BCUT2D eigenvalue weighted by Gasteiger charge is -2.10. The van der Waals surface area contributed by atoms with E-state index in [1.165, 1.54) is 6.20 Å². The molecule has 4 heteroatoms. The van der Waals surface area contributed by atoms with Gasteiger partial charge in [0.05, 0.1) is 24.7 Å². The summed E-state index contributed by atoms with van der Waals surface area (Å²) in [6, 6.07) is 7.76. The molecule has 0 aliphatic rings. The number of benzene rings is 1. The fraction of sp³-hybridized carbons (Fsp3) is 0.231. The van der Waals surface area contributed by atoms with E-state index in [-0.39, 0.29) is 0 Å². The zero-order chi connectivity index (χ0) is 12.1. The number of nitrogen functional groups attached to an aromatic ring is 1. The molecule has 88 valence electrons. The van der Waals surface area contributed by atoms with Gasteiger partial charge in [0.1, 0.15) is 11.6 Å². The van der Waals surface area contributed by atoms with Crippen molar-refractivity contribution < 1.29 is 4.74 Å². The molecule has 0 saturated heterocycles. The first kappa shape index (κ1) is 11.4. The van der Waals surface area contributed by atoms with Gasteiger partial charge in [-0.25, -0.2) is 4.98 Å². The second-order valence-electron chi connectivity index (χ2n) is 3.67. The molecule has 17 heavy (non-hydrogen) atoms. The number of nitrogens with zero attached hydrogens (tertiary/aromatic N) is 2. The Morgan fingerprint density at radius 1 is 1.24 bits per heavy atom. The maximum absolute atomic E-state index is 5.67. The minimum Gasteiger partial charge on any atom is -0.493 e. The van der Waals surface area contributed by atoms with Crippen molar-refractivity contribution in [3.63, 3.8) is 0 Å². The predicted molar refractivity (Wildman–Crippen MR) is 67.7 cm³/mol.